The molecule has 0 fully saturated rings. The largest absolute Gasteiger partial charge is 1.00 e. The van der Waals surface area contributed by atoms with Crippen LogP contribution < -0.4 is 0 Å². The van der Waals surface area contributed by atoms with Crippen LogP contribution in [-0.2, 0) is 0 Å². The van der Waals surface area contributed by atoms with E-state index in [1.165, 1.54) is 0 Å². The summed E-state index contributed by atoms with van der Waals surface area (Å²) in [6.45, 7) is 0. The first-order valence-corrected chi connectivity index (χ1v) is 6.61. The molecule has 0 N–H and O–H groups in total. The molecule has 0 rings (SSSR count). The fourth-order valence-electron chi connectivity index (χ4n) is 0. The minimum Gasteiger partial charge on any atom is 0.316 e. The molecule has 0 radical (unpaired) electrons. The fourth-order valence-corrected chi connectivity index (χ4v) is 0. The van der Waals surface area contributed by atoms with Crippen LogP contribution in [-0.4, -0.2) is 53.9 Å². The SMILES string of the molecule is Cl.[Cl][Ca][Cl].[H+].[MgH2]. The number of hydrogen-bond donors (Lipinski definition) is 0. The van der Waals surface area contributed by atoms with Crippen LogP contribution in [0.3, 0.4) is 0 Å². The Balaban J connectivity index is -0.00000000667. The van der Waals surface area contributed by atoms with Crippen molar-refractivity contribution in [3.63, 3.8) is 0 Å². The summed E-state index contributed by atoms with van der Waals surface area (Å²) < 4.78 is 0. The summed E-state index contributed by atoms with van der Waals surface area (Å²) in [6, 6.07) is 0. The van der Waals surface area contributed by atoms with E-state index in [-0.39, 0.29) is 36.9 Å². The van der Waals surface area contributed by atoms with Gasteiger partial charge in [0.05, 0.1) is 0 Å². The number of rotatable bonds is 0. The first-order valence-electron chi connectivity index (χ1n) is 0.535. The van der Waals surface area contributed by atoms with E-state index in [1.54, 1.807) is 0 Å². The van der Waals surface area contributed by atoms with E-state index in [0.717, 1.165) is 0 Å². The van der Waals surface area contributed by atoms with Crippen LogP contribution in [0.15, 0.2) is 0 Å². The Morgan fingerprint density at radius 1 is 1.40 bits per heavy atom. The topological polar surface area (TPSA) is 0 Å². The zero-order valence-electron chi connectivity index (χ0n) is 2.87. The molecule has 0 saturated heterocycles. The van der Waals surface area contributed by atoms with Crippen LogP contribution in [0.2, 0.25) is 0 Å². The summed E-state index contributed by atoms with van der Waals surface area (Å²) in [5.41, 5.74) is 0. The zero-order valence-corrected chi connectivity index (χ0v) is 6.41. The molecule has 0 bridgehead atoms. The van der Waals surface area contributed by atoms with Gasteiger partial charge in [0.15, 0.2) is 0 Å². The van der Waals surface area contributed by atoms with Gasteiger partial charge in [-0.05, 0) is 0 Å². The van der Waals surface area contributed by atoms with Crippen molar-refractivity contribution in [1.29, 1.82) is 0 Å². The van der Waals surface area contributed by atoms with Gasteiger partial charge in [-0.3, -0.25) is 0 Å². The summed E-state index contributed by atoms with van der Waals surface area (Å²) in [4.78, 5) is 0. The molecule has 0 spiro atoms. The second-order valence-corrected chi connectivity index (χ2v) is 3.75. The quantitative estimate of drug-likeness (QED) is 0.473. The number of hydrogen-bond acceptors (Lipinski definition) is 0. The average molecular weight is 175 g/mol. The van der Waals surface area contributed by atoms with Crippen LogP contribution in [0.5, 0.6) is 0 Å². The Morgan fingerprint density at radius 3 is 1.40 bits per heavy atom. The summed E-state index contributed by atoms with van der Waals surface area (Å²) in [5.74, 6) is 0. The molecular formula is H4CaCl3Mg+. The van der Waals surface area contributed by atoms with Gasteiger partial charge in [0.1, 0.15) is 0 Å². The molecule has 0 aliphatic heterocycles. The average Bonchev–Trinajstić information content (AvgIpc) is 0.918. The molecule has 0 heterocycles. The zero-order chi connectivity index (χ0) is 2.71. The minimum atomic E-state index is -0.931. The summed E-state index contributed by atoms with van der Waals surface area (Å²) in [5, 5.41) is 0. The van der Waals surface area contributed by atoms with Crippen molar-refractivity contribution in [2.45, 2.75) is 0 Å². The molecule has 28 valence electrons. The normalized spacial score (nSPS) is 2.00. The van der Waals surface area contributed by atoms with E-state index in [4.69, 9.17) is 12.8 Å². The van der Waals surface area contributed by atoms with Gasteiger partial charge in [0.25, 0.3) is 0 Å². The molecule has 0 amide bonds. The standard InChI is InChI=1S/Ca.3ClH.Mg.2H/h;3*1H;;;/q+2;;;;;;/p-1. The molecule has 5 heteroatoms. The van der Waals surface area contributed by atoms with Crippen LogP contribution >= 0.6 is 25.2 Å². The van der Waals surface area contributed by atoms with Crippen molar-refractivity contribution in [3.05, 3.63) is 0 Å². The molecule has 0 aromatic carbocycles. The smallest absolute Gasteiger partial charge is 0.316 e. The molecule has 0 unspecified atom stereocenters. The molecule has 0 nitrogen and oxygen atoms in total. The second-order valence-electron chi connectivity index (χ2n) is 0.101. The van der Waals surface area contributed by atoms with Crippen molar-refractivity contribution >= 4 is 79.1 Å². The maximum Gasteiger partial charge on any atom is 1.00 e. The molecule has 0 aliphatic carbocycles. The molecule has 5 heavy (non-hydrogen) atoms. The Hall–Kier alpha value is 2.90. The molecular weight excluding hydrogens is 171 g/mol. The van der Waals surface area contributed by atoms with E-state index in [9.17, 15) is 0 Å². The van der Waals surface area contributed by atoms with Crippen molar-refractivity contribution in [2.75, 3.05) is 0 Å². The maximum absolute atomic E-state index is 4.95. The van der Waals surface area contributed by atoms with Crippen LogP contribution in [0.25, 0.3) is 0 Å². The van der Waals surface area contributed by atoms with Gasteiger partial charge in [0.2, 0.25) is 0 Å². The molecule has 0 aliphatic rings. The van der Waals surface area contributed by atoms with Gasteiger partial charge in [-0.2, -0.15) is 0 Å². The van der Waals surface area contributed by atoms with Gasteiger partial charge < -0.3 is 0 Å². The Morgan fingerprint density at radius 2 is 1.40 bits per heavy atom. The van der Waals surface area contributed by atoms with E-state index in [2.05, 4.69) is 0 Å². The van der Waals surface area contributed by atoms with Crippen molar-refractivity contribution in [2.24, 2.45) is 0 Å². The monoisotopic (exact) mass is 173 g/mol. The predicted molar refractivity (Wildman–Crippen MR) is 34.4 cm³/mol. The first kappa shape index (κ1) is 15.7. The van der Waals surface area contributed by atoms with E-state index >= 15 is 0 Å². The third-order valence-corrected chi connectivity index (χ3v) is 0. The van der Waals surface area contributed by atoms with Gasteiger partial charge in [-0.1, -0.05) is 0 Å². The Kier molecular flexibility index (Phi) is 49.5. The summed E-state index contributed by atoms with van der Waals surface area (Å²) >= 11 is -0.931. The Bertz CT molecular complexity index is 10.8. The third kappa shape index (κ3) is 19.7. The van der Waals surface area contributed by atoms with Crippen molar-refractivity contribution in [3.8, 4) is 0 Å². The van der Waals surface area contributed by atoms with E-state index in [0.29, 0.717) is 0 Å². The van der Waals surface area contributed by atoms with Gasteiger partial charge in [-0.15, -0.1) is 12.4 Å². The molecule has 0 aromatic heterocycles. The van der Waals surface area contributed by atoms with Gasteiger partial charge in [0, 0.05) is 0 Å². The molecule has 0 saturated carbocycles. The third-order valence-electron chi connectivity index (χ3n) is 0. The van der Waals surface area contributed by atoms with Crippen LogP contribution in [0.1, 0.15) is 1.43 Å². The summed E-state index contributed by atoms with van der Waals surface area (Å²) in [7, 11) is 0. The van der Waals surface area contributed by atoms with Crippen LogP contribution in [0, 0.1) is 0 Å². The Labute approximate surface area is 78.8 Å². The predicted octanol–water partition coefficient (Wildman–Crippen LogP) is 0.616. The second kappa shape index (κ2) is 15.8. The van der Waals surface area contributed by atoms with Gasteiger partial charge in [-0.25, -0.2) is 0 Å². The first-order chi connectivity index (χ1) is 1.41. The van der Waals surface area contributed by atoms with Gasteiger partial charge >= 0.3 is 68.1 Å². The maximum atomic E-state index is 4.95. The van der Waals surface area contributed by atoms with Crippen molar-refractivity contribution in [1.82, 2.24) is 0 Å². The fraction of sp³-hybridized carbons (Fsp3) is 0. The van der Waals surface area contributed by atoms with E-state index in [1.807, 2.05) is 0 Å². The molecule has 0 aromatic rings. The molecule has 0 atom stereocenters. The number of halogens is 3. The van der Waals surface area contributed by atoms with E-state index < -0.39 is 30.8 Å². The summed E-state index contributed by atoms with van der Waals surface area (Å²) in [6.07, 6.45) is 9.90. The van der Waals surface area contributed by atoms with Crippen LogP contribution in [0.4, 0.5) is 0 Å². The minimum absolute atomic E-state index is 0. The van der Waals surface area contributed by atoms with Crippen molar-refractivity contribution < 1.29 is 1.43 Å².